The van der Waals surface area contributed by atoms with Crippen LogP contribution in [0.4, 0.5) is 5.69 Å². The standard InChI is InChI=1S/C27H25N3O4S/c1-34-27(17-20-7-3-2-4-8-20)18-30(19-27)26(31)22-12-14-23(15-13-22)29-35(32,33)24-11-5-9-21-10-6-16-28-25(21)24/h2-16,29H,17-19H2,1H3. The first-order chi connectivity index (χ1) is 16.9. The number of amides is 1. The maximum atomic E-state index is 13.0. The lowest BCUT2D eigenvalue weighted by Gasteiger charge is -2.49. The summed E-state index contributed by atoms with van der Waals surface area (Å²) in [5.74, 6) is -0.113. The molecule has 2 heterocycles. The molecule has 1 aliphatic rings. The minimum absolute atomic E-state index is 0.102. The van der Waals surface area contributed by atoms with Gasteiger partial charge in [0.15, 0.2) is 0 Å². The van der Waals surface area contributed by atoms with E-state index in [4.69, 9.17) is 4.74 Å². The van der Waals surface area contributed by atoms with Crippen LogP contribution in [-0.4, -0.2) is 50.0 Å². The maximum absolute atomic E-state index is 13.0. The Kier molecular flexibility index (Phi) is 6.00. The summed E-state index contributed by atoms with van der Waals surface area (Å²) in [6.07, 6.45) is 2.30. The van der Waals surface area contributed by atoms with Crippen molar-refractivity contribution < 1.29 is 17.9 Å². The van der Waals surface area contributed by atoms with E-state index in [2.05, 4.69) is 21.8 Å². The van der Waals surface area contributed by atoms with Crippen molar-refractivity contribution in [2.75, 3.05) is 24.9 Å². The average Bonchev–Trinajstić information content (AvgIpc) is 2.86. The number of benzene rings is 3. The zero-order valence-corrected chi connectivity index (χ0v) is 20.0. The predicted octanol–water partition coefficient (Wildman–Crippen LogP) is 4.12. The molecule has 0 unspecified atom stereocenters. The third-order valence-corrected chi connectivity index (χ3v) is 7.73. The molecule has 3 aromatic carbocycles. The number of ether oxygens (including phenoxy) is 1. The topological polar surface area (TPSA) is 88.6 Å². The number of nitrogens with zero attached hydrogens (tertiary/aromatic N) is 2. The van der Waals surface area contributed by atoms with Gasteiger partial charge in [-0.25, -0.2) is 8.42 Å². The van der Waals surface area contributed by atoms with Crippen molar-refractivity contribution >= 4 is 32.5 Å². The Morgan fingerprint density at radius 3 is 2.40 bits per heavy atom. The van der Waals surface area contributed by atoms with Crippen LogP contribution in [-0.2, 0) is 21.2 Å². The average molecular weight is 488 g/mol. The van der Waals surface area contributed by atoms with Crippen molar-refractivity contribution in [1.29, 1.82) is 0 Å². The van der Waals surface area contributed by atoms with Crippen LogP contribution in [0.5, 0.6) is 0 Å². The number of hydrogen-bond donors (Lipinski definition) is 1. The number of methoxy groups -OCH3 is 1. The summed E-state index contributed by atoms with van der Waals surface area (Å²) < 4.78 is 34.4. The summed E-state index contributed by atoms with van der Waals surface area (Å²) >= 11 is 0. The lowest BCUT2D eigenvalue weighted by atomic mass is 9.86. The number of anilines is 1. The van der Waals surface area contributed by atoms with E-state index in [0.29, 0.717) is 29.9 Å². The molecule has 0 atom stereocenters. The Morgan fingerprint density at radius 1 is 0.971 bits per heavy atom. The van der Waals surface area contributed by atoms with Crippen LogP contribution in [0.3, 0.4) is 0 Å². The molecule has 8 heteroatoms. The SMILES string of the molecule is COC1(Cc2ccccc2)CN(C(=O)c2ccc(NS(=O)(=O)c3cccc4cccnc34)cc2)C1. The number of rotatable bonds is 7. The van der Waals surface area contributed by atoms with Gasteiger partial charge in [-0.1, -0.05) is 48.5 Å². The van der Waals surface area contributed by atoms with E-state index in [1.165, 1.54) is 11.6 Å². The molecule has 4 aromatic rings. The molecule has 5 rings (SSSR count). The molecule has 1 N–H and O–H groups in total. The Balaban J connectivity index is 1.26. The van der Waals surface area contributed by atoms with Gasteiger partial charge in [0.05, 0.1) is 18.6 Å². The molecule has 0 saturated carbocycles. The molecule has 0 spiro atoms. The van der Waals surface area contributed by atoms with E-state index in [-0.39, 0.29) is 16.4 Å². The van der Waals surface area contributed by atoms with Crippen LogP contribution in [0.15, 0.2) is 96.0 Å². The molecule has 1 amide bonds. The number of hydrogen-bond acceptors (Lipinski definition) is 5. The third kappa shape index (κ3) is 4.62. The van der Waals surface area contributed by atoms with Gasteiger partial charge in [0.25, 0.3) is 15.9 Å². The van der Waals surface area contributed by atoms with Crippen molar-refractivity contribution in [2.24, 2.45) is 0 Å². The fourth-order valence-electron chi connectivity index (χ4n) is 4.44. The molecule has 1 saturated heterocycles. The summed E-state index contributed by atoms with van der Waals surface area (Å²) in [6, 6.07) is 25.1. The van der Waals surface area contributed by atoms with Gasteiger partial charge in [0.1, 0.15) is 10.5 Å². The highest BCUT2D eigenvalue weighted by Gasteiger charge is 2.45. The summed E-state index contributed by atoms with van der Waals surface area (Å²) in [7, 11) is -2.18. The van der Waals surface area contributed by atoms with E-state index >= 15 is 0 Å². The van der Waals surface area contributed by atoms with Crippen LogP contribution < -0.4 is 4.72 Å². The first-order valence-corrected chi connectivity index (χ1v) is 12.7. The van der Waals surface area contributed by atoms with Crippen LogP contribution in [0, 0.1) is 0 Å². The summed E-state index contributed by atoms with van der Waals surface area (Å²) in [5.41, 5.74) is 2.04. The second kappa shape index (κ2) is 9.13. The van der Waals surface area contributed by atoms with Crippen molar-refractivity contribution in [2.45, 2.75) is 16.9 Å². The van der Waals surface area contributed by atoms with Gasteiger partial charge in [-0.3, -0.25) is 14.5 Å². The molecule has 1 aromatic heterocycles. The summed E-state index contributed by atoms with van der Waals surface area (Å²) in [5, 5.41) is 0.741. The van der Waals surface area contributed by atoms with Crippen LogP contribution in [0.1, 0.15) is 15.9 Å². The van der Waals surface area contributed by atoms with Gasteiger partial charge in [-0.2, -0.15) is 0 Å². The van der Waals surface area contributed by atoms with E-state index in [1.807, 2.05) is 30.3 Å². The summed E-state index contributed by atoms with van der Waals surface area (Å²) in [6.45, 7) is 0.999. The minimum Gasteiger partial charge on any atom is -0.374 e. The number of carbonyl (C=O) groups is 1. The number of nitrogens with one attached hydrogen (secondary N) is 1. The van der Waals surface area contributed by atoms with Gasteiger partial charge >= 0.3 is 0 Å². The monoisotopic (exact) mass is 487 g/mol. The Morgan fingerprint density at radius 2 is 1.69 bits per heavy atom. The van der Waals surface area contributed by atoms with Gasteiger partial charge in [-0.15, -0.1) is 0 Å². The highest BCUT2D eigenvalue weighted by atomic mass is 32.2. The number of aromatic nitrogens is 1. The first kappa shape index (κ1) is 23.0. The van der Waals surface area contributed by atoms with Gasteiger partial charge in [-0.05, 0) is 42.0 Å². The van der Waals surface area contributed by atoms with Crippen molar-refractivity contribution in [1.82, 2.24) is 9.88 Å². The molecular formula is C27H25N3O4S. The molecule has 0 bridgehead atoms. The normalized spacial score (nSPS) is 14.9. The van der Waals surface area contributed by atoms with Gasteiger partial charge in [0.2, 0.25) is 0 Å². The molecule has 0 radical (unpaired) electrons. The zero-order valence-electron chi connectivity index (χ0n) is 19.2. The number of para-hydroxylation sites is 1. The first-order valence-electron chi connectivity index (χ1n) is 11.2. The molecule has 7 nitrogen and oxygen atoms in total. The number of likely N-dealkylation sites (tertiary alicyclic amines) is 1. The molecule has 0 aliphatic carbocycles. The Hall–Kier alpha value is -3.75. The number of fused-ring (bicyclic) bond motifs is 1. The lowest BCUT2D eigenvalue weighted by Crippen LogP contribution is -2.65. The second-order valence-electron chi connectivity index (χ2n) is 8.72. The minimum atomic E-state index is -3.86. The maximum Gasteiger partial charge on any atom is 0.264 e. The van der Waals surface area contributed by atoms with E-state index < -0.39 is 10.0 Å². The molecule has 178 valence electrons. The van der Waals surface area contributed by atoms with E-state index in [0.717, 1.165) is 11.8 Å². The Labute approximate surface area is 204 Å². The molecule has 1 fully saturated rings. The molecule has 1 aliphatic heterocycles. The largest absolute Gasteiger partial charge is 0.374 e. The van der Waals surface area contributed by atoms with Crippen LogP contribution >= 0.6 is 0 Å². The summed E-state index contributed by atoms with van der Waals surface area (Å²) in [4.78, 5) is 19.0. The number of sulfonamides is 1. The van der Waals surface area contributed by atoms with E-state index in [1.54, 1.807) is 54.6 Å². The quantitative estimate of drug-likeness (QED) is 0.424. The van der Waals surface area contributed by atoms with E-state index in [9.17, 15) is 13.2 Å². The van der Waals surface area contributed by atoms with Crippen molar-refractivity contribution in [3.63, 3.8) is 0 Å². The fourth-order valence-corrected chi connectivity index (χ4v) is 5.68. The van der Waals surface area contributed by atoms with Gasteiger partial charge in [0, 0.05) is 36.4 Å². The predicted molar refractivity (Wildman–Crippen MR) is 135 cm³/mol. The van der Waals surface area contributed by atoms with Crippen LogP contribution in [0.2, 0.25) is 0 Å². The Bertz CT molecular complexity index is 1460. The number of carbonyl (C=O) groups excluding carboxylic acids is 1. The smallest absolute Gasteiger partial charge is 0.264 e. The van der Waals surface area contributed by atoms with Crippen LogP contribution in [0.25, 0.3) is 10.9 Å². The zero-order chi connectivity index (χ0) is 24.5. The highest BCUT2D eigenvalue weighted by molar-refractivity contribution is 7.93. The fraction of sp³-hybridized carbons (Fsp3) is 0.185. The molecular weight excluding hydrogens is 462 g/mol. The third-order valence-electron chi connectivity index (χ3n) is 6.32. The van der Waals surface area contributed by atoms with Gasteiger partial charge < -0.3 is 9.64 Å². The molecule has 35 heavy (non-hydrogen) atoms. The lowest BCUT2D eigenvalue weighted by molar-refractivity contribution is -0.107. The second-order valence-corrected chi connectivity index (χ2v) is 10.4. The highest BCUT2D eigenvalue weighted by Crippen LogP contribution is 2.30. The van der Waals surface area contributed by atoms with Crippen molar-refractivity contribution in [3.05, 3.63) is 102 Å². The number of pyridine rings is 1. The van der Waals surface area contributed by atoms with Crippen molar-refractivity contribution in [3.8, 4) is 0 Å².